The molecular weight excluding hydrogens is 564 g/mol. The van der Waals surface area contributed by atoms with Crippen molar-refractivity contribution in [3.05, 3.63) is 75.4 Å². The Labute approximate surface area is 256 Å². The first-order chi connectivity index (χ1) is 20.1. The topological polar surface area (TPSA) is 138 Å². The lowest BCUT2D eigenvalue weighted by molar-refractivity contribution is -0.144. The molecule has 11 heteroatoms. The summed E-state index contributed by atoms with van der Waals surface area (Å²) in [6.45, 7) is 12.5. The van der Waals surface area contributed by atoms with E-state index in [1.807, 2.05) is 37.3 Å². The highest BCUT2D eigenvalue weighted by Crippen LogP contribution is 2.38. The van der Waals surface area contributed by atoms with Gasteiger partial charge in [0.1, 0.15) is 16.2 Å². The number of hydrogen-bond acceptors (Lipinski definition) is 6. The zero-order valence-electron chi connectivity index (χ0n) is 25.8. The van der Waals surface area contributed by atoms with Crippen LogP contribution in [0.4, 0.5) is 15.5 Å². The molecule has 1 saturated heterocycles. The highest BCUT2D eigenvalue weighted by atomic mass is 32.1. The number of aromatic nitrogens is 1. The van der Waals surface area contributed by atoms with Crippen LogP contribution < -0.4 is 16.4 Å². The molecule has 5 amide bonds. The average molecular weight is 605 g/mol. The molecule has 0 unspecified atom stereocenters. The summed E-state index contributed by atoms with van der Waals surface area (Å²) in [6.07, 6.45) is 3.05. The van der Waals surface area contributed by atoms with Crippen LogP contribution in [0.15, 0.2) is 42.6 Å². The predicted octanol–water partition coefficient (Wildman–Crippen LogP) is 4.97. The van der Waals surface area contributed by atoms with Crippen LogP contribution in [-0.4, -0.2) is 64.2 Å². The van der Waals surface area contributed by atoms with E-state index in [4.69, 9.17) is 5.73 Å². The second-order valence-electron chi connectivity index (χ2n) is 12.5. The van der Waals surface area contributed by atoms with Crippen LogP contribution >= 0.6 is 11.3 Å². The van der Waals surface area contributed by atoms with Crippen molar-refractivity contribution in [2.24, 2.45) is 5.73 Å². The minimum Gasteiger partial charge on any atom is -0.364 e. The fourth-order valence-corrected chi connectivity index (χ4v) is 6.11. The summed E-state index contributed by atoms with van der Waals surface area (Å²) in [7, 11) is 1.74. The van der Waals surface area contributed by atoms with Crippen LogP contribution in [0.5, 0.6) is 0 Å². The number of anilines is 2. The SMILES string of the molecule is Cc1ccc(NC(=O)Nc2sc(C(C)(C)C)cc2C(=O)N2CCN(C)C(=O)C2(C)C)cc1CCc1ccc(C(N)=O)nc1. The molecule has 1 aliphatic heterocycles. The molecule has 228 valence electrons. The normalized spacial score (nSPS) is 14.9. The molecule has 10 nitrogen and oxygen atoms in total. The van der Waals surface area contributed by atoms with Crippen molar-refractivity contribution in [2.45, 2.75) is 65.3 Å². The zero-order chi connectivity index (χ0) is 31.7. The van der Waals surface area contributed by atoms with E-state index < -0.39 is 17.5 Å². The number of nitrogens with zero attached hydrogens (tertiary/aromatic N) is 3. The molecule has 3 aromatic rings. The summed E-state index contributed by atoms with van der Waals surface area (Å²) in [5.74, 6) is -0.976. The molecule has 1 aromatic carbocycles. The number of carbonyl (C=O) groups is 4. The van der Waals surface area contributed by atoms with Crippen LogP contribution in [0, 0.1) is 6.92 Å². The van der Waals surface area contributed by atoms with Gasteiger partial charge in [0.2, 0.25) is 5.91 Å². The van der Waals surface area contributed by atoms with E-state index in [1.165, 1.54) is 11.3 Å². The number of pyridine rings is 1. The van der Waals surface area contributed by atoms with Gasteiger partial charge in [-0.15, -0.1) is 11.3 Å². The van der Waals surface area contributed by atoms with E-state index in [0.717, 1.165) is 21.6 Å². The predicted molar refractivity (Wildman–Crippen MR) is 170 cm³/mol. The minimum absolute atomic E-state index is 0.125. The Balaban J connectivity index is 1.51. The van der Waals surface area contributed by atoms with E-state index in [9.17, 15) is 19.2 Å². The average Bonchev–Trinajstić information content (AvgIpc) is 3.36. The number of rotatable bonds is 7. The first kappa shape index (κ1) is 31.7. The third-order valence-corrected chi connectivity index (χ3v) is 9.22. The van der Waals surface area contributed by atoms with Crippen LogP contribution in [0.3, 0.4) is 0 Å². The van der Waals surface area contributed by atoms with Gasteiger partial charge >= 0.3 is 6.03 Å². The van der Waals surface area contributed by atoms with Gasteiger partial charge in [-0.2, -0.15) is 0 Å². The first-order valence-electron chi connectivity index (χ1n) is 14.2. The molecule has 4 rings (SSSR count). The largest absolute Gasteiger partial charge is 0.364 e. The molecule has 0 bridgehead atoms. The monoisotopic (exact) mass is 604 g/mol. The molecular formula is C32H40N6O4S. The highest BCUT2D eigenvalue weighted by molar-refractivity contribution is 7.16. The number of benzene rings is 1. The number of thiophene rings is 1. The Morgan fingerprint density at radius 2 is 1.77 bits per heavy atom. The number of nitrogens with one attached hydrogen (secondary N) is 2. The number of nitrogens with two attached hydrogens (primary N) is 1. The van der Waals surface area contributed by atoms with Gasteiger partial charge in [-0.3, -0.25) is 24.7 Å². The Kier molecular flexibility index (Phi) is 8.96. The highest BCUT2D eigenvalue weighted by Gasteiger charge is 2.44. The summed E-state index contributed by atoms with van der Waals surface area (Å²) in [5, 5.41) is 6.25. The molecule has 4 N–H and O–H groups in total. The summed E-state index contributed by atoms with van der Waals surface area (Å²) < 4.78 is 0. The molecule has 0 atom stereocenters. The third-order valence-electron chi connectivity index (χ3n) is 7.74. The van der Waals surface area contributed by atoms with Crippen molar-refractivity contribution in [3.8, 4) is 0 Å². The maximum Gasteiger partial charge on any atom is 0.324 e. The molecule has 0 aliphatic carbocycles. The number of amides is 5. The van der Waals surface area contributed by atoms with Gasteiger partial charge in [0, 0.05) is 36.9 Å². The lowest BCUT2D eigenvalue weighted by Crippen LogP contribution is -2.63. The summed E-state index contributed by atoms with van der Waals surface area (Å²) in [6, 6.07) is 10.5. The number of primary amides is 1. The van der Waals surface area contributed by atoms with E-state index in [0.29, 0.717) is 42.2 Å². The Morgan fingerprint density at radius 3 is 2.40 bits per heavy atom. The standard InChI is InChI=1S/C32H40N6O4S/c1-19-8-12-22(16-21(19)11-9-20-10-13-24(26(33)39)34-18-20)35-30(42)36-27-23(17-25(43-27)31(2,3)4)28(40)38-15-14-37(7)29(41)32(38,5)6/h8,10,12-13,16-18H,9,11,14-15H2,1-7H3,(H2,33,39)(H2,35,36,42). The third kappa shape index (κ3) is 7.05. The molecule has 0 spiro atoms. The van der Waals surface area contributed by atoms with Crippen molar-refractivity contribution in [3.63, 3.8) is 0 Å². The number of urea groups is 1. The van der Waals surface area contributed by atoms with Crippen LogP contribution in [0.2, 0.25) is 0 Å². The van der Waals surface area contributed by atoms with Gasteiger partial charge in [0.25, 0.3) is 11.8 Å². The van der Waals surface area contributed by atoms with Gasteiger partial charge < -0.3 is 20.9 Å². The smallest absolute Gasteiger partial charge is 0.324 e. The summed E-state index contributed by atoms with van der Waals surface area (Å²) >= 11 is 1.36. The number of likely N-dealkylation sites (N-methyl/N-ethyl adjacent to an activating group) is 1. The fraction of sp³-hybridized carbons (Fsp3) is 0.406. The maximum absolute atomic E-state index is 13.9. The number of piperazine rings is 1. The Morgan fingerprint density at radius 1 is 1.05 bits per heavy atom. The Bertz CT molecular complexity index is 1550. The van der Waals surface area contributed by atoms with E-state index >= 15 is 0 Å². The number of carbonyl (C=O) groups excluding carboxylic acids is 4. The summed E-state index contributed by atoms with van der Waals surface area (Å²) in [5.41, 5.74) is 8.34. The Hall–Kier alpha value is -4.25. The lowest BCUT2D eigenvalue weighted by atomic mass is 9.93. The fourth-order valence-electron chi connectivity index (χ4n) is 5.01. The molecule has 43 heavy (non-hydrogen) atoms. The first-order valence-corrected chi connectivity index (χ1v) is 15.0. The minimum atomic E-state index is -1.01. The van der Waals surface area contributed by atoms with Gasteiger partial charge in [0.05, 0.1) is 5.56 Å². The molecule has 2 aromatic heterocycles. The van der Waals surface area contributed by atoms with Crippen molar-refractivity contribution in [2.75, 3.05) is 30.8 Å². The van der Waals surface area contributed by atoms with Crippen molar-refractivity contribution >= 4 is 45.8 Å². The number of aryl methyl sites for hydroxylation is 3. The maximum atomic E-state index is 13.9. The molecule has 1 fully saturated rings. The molecule has 1 aliphatic rings. The molecule has 3 heterocycles. The second kappa shape index (κ2) is 12.2. The van der Waals surface area contributed by atoms with E-state index in [1.54, 1.807) is 43.0 Å². The van der Waals surface area contributed by atoms with E-state index in [-0.39, 0.29) is 22.9 Å². The zero-order valence-corrected chi connectivity index (χ0v) is 26.6. The quantitative estimate of drug-likeness (QED) is 0.350. The second-order valence-corrected chi connectivity index (χ2v) is 13.5. The van der Waals surface area contributed by atoms with Gasteiger partial charge in [-0.25, -0.2) is 4.79 Å². The lowest BCUT2D eigenvalue weighted by Gasteiger charge is -2.44. The number of hydrogen-bond donors (Lipinski definition) is 3. The molecule has 0 radical (unpaired) electrons. The van der Waals surface area contributed by atoms with Gasteiger partial charge in [0.15, 0.2) is 0 Å². The van der Waals surface area contributed by atoms with Crippen molar-refractivity contribution < 1.29 is 19.2 Å². The summed E-state index contributed by atoms with van der Waals surface area (Å²) in [4.78, 5) is 59.5. The van der Waals surface area contributed by atoms with Crippen LogP contribution in [0.25, 0.3) is 0 Å². The van der Waals surface area contributed by atoms with Crippen molar-refractivity contribution in [1.29, 1.82) is 0 Å². The van der Waals surface area contributed by atoms with Crippen molar-refractivity contribution in [1.82, 2.24) is 14.8 Å². The van der Waals surface area contributed by atoms with E-state index in [2.05, 4.69) is 36.4 Å². The van der Waals surface area contributed by atoms with Gasteiger partial charge in [-0.1, -0.05) is 32.9 Å². The molecule has 0 saturated carbocycles. The van der Waals surface area contributed by atoms with Crippen LogP contribution in [0.1, 0.15) is 77.0 Å². The van der Waals surface area contributed by atoms with Gasteiger partial charge in [-0.05, 0) is 80.0 Å². The van der Waals surface area contributed by atoms with Crippen LogP contribution in [-0.2, 0) is 23.1 Å².